The van der Waals surface area contributed by atoms with Gasteiger partial charge in [0, 0.05) is 19.5 Å². The molecular formula is C16H21NO5S. The van der Waals surface area contributed by atoms with Crippen LogP contribution in [0.4, 0.5) is 0 Å². The van der Waals surface area contributed by atoms with Gasteiger partial charge in [0.1, 0.15) is 5.60 Å². The number of carbonyl (C=O) groups is 1. The lowest BCUT2D eigenvalue weighted by Gasteiger charge is -2.40. The molecule has 1 aromatic carbocycles. The molecular weight excluding hydrogens is 318 g/mol. The molecule has 1 unspecified atom stereocenters. The maximum absolute atomic E-state index is 12.5. The summed E-state index contributed by atoms with van der Waals surface area (Å²) in [5.41, 5.74) is 1.76. The van der Waals surface area contributed by atoms with E-state index < -0.39 is 21.6 Å². The van der Waals surface area contributed by atoms with Gasteiger partial charge in [-0.1, -0.05) is 24.3 Å². The van der Waals surface area contributed by atoms with Crippen LogP contribution in [0.25, 0.3) is 0 Å². The second-order valence-corrected chi connectivity index (χ2v) is 8.24. The highest BCUT2D eigenvalue weighted by atomic mass is 32.2. The number of hydrogen-bond acceptors (Lipinski definition) is 4. The first-order chi connectivity index (χ1) is 10.9. The number of fused-ring (bicyclic) bond motifs is 2. The van der Waals surface area contributed by atoms with Crippen LogP contribution in [0.2, 0.25) is 0 Å². The molecule has 23 heavy (non-hydrogen) atoms. The minimum Gasteiger partial charge on any atom is -0.481 e. The molecule has 1 fully saturated rings. The van der Waals surface area contributed by atoms with Gasteiger partial charge in [-0.2, -0.15) is 4.31 Å². The van der Waals surface area contributed by atoms with E-state index >= 15 is 0 Å². The normalized spacial score (nSPS) is 24.7. The summed E-state index contributed by atoms with van der Waals surface area (Å²) in [5.74, 6) is -1.10. The van der Waals surface area contributed by atoms with Crippen LogP contribution >= 0.6 is 0 Å². The van der Waals surface area contributed by atoms with Crippen LogP contribution in [-0.4, -0.2) is 49.2 Å². The second kappa shape index (κ2) is 6.22. The average molecular weight is 339 g/mol. The molecule has 1 aromatic rings. The Balaban J connectivity index is 1.75. The monoisotopic (exact) mass is 339 g/mol. The molecule has 1 saturated heterocycles. The first kappa shape index (κ1) is 16.4. The van der Waals surface area contributed by atoms with Crippen LogP contribution in [0.15, 0.2) is 24.3 Å². The largest absolute Gasteiger partial charge is 0.481 e. The SMILES string of the molecule is O=C(O)CCCS(=O)(=O)N1CCOC2(CCc3ccccc32)C1. The molecule has 1 aliphatic heterocycles. The Morgan fingerprint density at radius 3 is 2.91 bits per heavy atom. The summed E-state index contributed by atoms with van der Waals surface area (Å²) in [6.45, 7) is 1.02. The van der Waals surface area contributed by atoms with E-state index in [1.165, 1.54) is 9.87 Å². The maximum Gasteiger partial charge on any atom is 0.303 e. The van der Waals surface area contributed by atoms with Gasteiger partial charge in [0.05, 0.1) is 12.4 Å². The number of aliphatic carboxylic acids is 1. The standard InChI is InChI=1S/C16H21NO5S/c18-15(19)6-3-11-23(20,21)17-9-10-22-16(12-17)8-7-13-4-1-2-5-14(13)16/h1-2,4-5H,3,6-12H2,(H,18,19). The summed E-state index contributed by atoms with van der Waals surface area (Å²) < 4.78 is 32.5. The zero-order valence-corrected chi connectivity index (χ0v) is 13.7. The molecule has 126 valence electrons. The molecule has 0 bridgehead atoms. The fourth-order valence-electron chi connectivity index (χ4n) is 3.49. The Morgan fingerprint density at radius 1 is 1.35 bits per heavy atom. The van der Waals surface area contributed by atoms with E-state index in [1.54, 1.807) is 0 Å². The van der Waals surface area contributed by atoms with E-state index in [1.807, 2.05) is 18.2 Å². The van der Waals surface area contributed by atoms with Gasteiger partial charge in [-0.25, -0.2) is 8.42 Å². The molecule has 0 aromatic heterocycles. The number of ether oxygens (including phenoxy) is 1. The van der Waals surface area contributed by atoms with E-state index in [-0.39, 0.29) is 18.6 Å². The smallest absolute Gasteiger partial charge is 0.303 e. The van der Waals surface area contributed by atoms with Gasteiger partial charge in [0.15, 0.2) is 0 Å². The summed E-state index contributed by atoms with van der Waals surface area (Å²) in [6, 6.07) is 8.02. The van der Waals surface area contributed by atoms with Crippen molar-refractivity contribution in [1.29, 1.82) is 0 Å². The third-order valence-corrected chi connectivity index (χ3v) is 6.55. The Labute approximate surface area is 136 Å². The van der Waals surface area contributed by atoms with Gasteiger partial charge in [-0.15, -0.1) is 0 Å². The molecule has 0 saturated carbocycles. The number of aryl methyl sites for hydroxylation is 1. The number of rotatable bonds is 5. The highest BCUT2D eigenvalue weighted by Crippen LogP contribution is 2.42. The fourth-order valence-corrected chi connectivity index (χ4v) is 5.02. The predicted molar refractivity (Wildman–Crippen MR) is 84.6 cm³/mol. The first-order valence-corrected chi connectivity index (χ1v) is 9.46. The Bertz CT molecular complexity index is 698. The number of morpholine rings is 1. The molecule has 0 radical (unpaired) electrons. The minimum atomic E-state index is -3.45. The summed E-state index contributed by atoms with van der Waals surface area (Å²) in [6.07, 6.45) is 1.69. The van der Waals surface area contributed by atoms with Crippen molar-refractivity contribution in [3.05, 3.63) is 35.4 Å². The van der Waals surface area contributed by atoms with Crippen LogP contribution in [0.1, 0.15) is 30.4 Å². The number of carboxylic acid groups (broad SMARTS) is 1. The minimum absolute atomic E-state index is 0.127. The van der Waals surface area contributed by atoms with Gasteiger partial charge < -0.3 is 9.84 Å². The van der Waals surface area contributed by atoms with Crippen LogP contribution in [0.3, 0.4) is 0 Å². The molecule has 1 heterocycles. The average Bonchev–Trinajstić information content (AvgIpc) is 2.86. The highest BCUT2D eigenvalue weighted by Gasteiger charge is 2.45. The van der Waals surface area contributed by atoms with E-state index in [9.17, 15) is 13.2 Å². The summed E-state index contributed by atoms with van der Waals surface area (Å²) in [5, 5.41) is 8.67. The van der Waals surface area contributed by atoms with Crippen molar-refractivity contribution in [3.63, 3.8) is 0 Å². The Kier molecular flexibility index (Phi) is 4.44. The van der Waals surface area contributed by atoms with E-state index in [2.05, 4.69) is 6.07 Å². The third kappa shape index (κ3) is 3.27. The van der Waals surface area contributed by atoms with Crippen molar-refractivity contribution in [2.24, 2.45) is 0 Å². The lowest BCUT2D eigenvalue weighted by molar-refractivity contribution is -0.137. The molecule has 0 amide bonds. The predicted octanol–water partition coefficient (Wildman–Crippen LogP) is 1.35. The fraction of sp³-hybridized carbons (Fsp3) is 0.562. The van der Waals surface area contributed by atoms with E-state index in [0.717, 1.165) is 18.4 Å². The van der Waals surface area contributed by atoms with E-state index in [0.29, 0.717) is 19.7 Å². The van der Waals surface area contributed by atoms with Crippen molar-refractivity contribution in [3.8, 4) is 0 Å². The first-order valence-electron chi connectivity index (χ1n) is 7.85. The zero-order chi connectivity index (χ0) is 16.5. The van der Waals surface area contributed by atoms with Gasteiger partial charge in [-0.3, -0.25) is 4.79 Å². The van der Waals surface area contributed by atoms with Gasteiger partial charge >= 0.3 is 5.97 Å². The molecule has 7 heteroatoms. The maximum atomic E-state index is 12.5. The molecule has 1 N–H and O–H groups in total. The number of nitrogens with zero attached hydrogens (tertiary/aromatic N) is 1. The van der Waals surface area contributed by atoms with Crippen LogP contribution in [0, 0.1) is 0 Å². The van der Waals surface area contributed by atoms with Crippen LogP contribution in [0.5, 0.6) is 0 Å². The van der Waals surface area contributed by atoms with Gasteiger partial charge in [-0.05, 0) is 30.4 Å². The van der Waals surface area contributed by atoms with E-state index in [4.69, 9.17) is 9.84 Å². The number of carboxylic acids is 1. The molecule has 1 aliphatic carbocycles. The van der Waals surface area contributed by atoms with Gasteiger partial charge in [0.25, 0.3) is 0 Å². The lowest BCUT2D eigenvalue weighted by atomic mass is 9.94. The van der Waals surface area contributed by atoms with Crippen LogP contribution < -0.4 is 0 Å². The topological polar surface area (TPSA) is 83.9 Å². The number of benzene rings is 1. The third-order valence-electron chi connectivity index (χ3n) is 4.64. The van der Waals surface area contributed by atoms with Crippen LogP contribution in [-0.2, 0) is 31.6 Å². The summed E-state index contributed by atoms with van der Waals surface area (Å²) >= 11 is 0. The summed E-state index contributed by atoms with van der Waals surface area (Å²) in [7, 11) is -3.45. The number of hydrogen-bond donors (Lipinski definition) is 1. The molecule has 2 aliphatic rings. The summed E-state index contributed by atoms with van der Waals surface area (Å²) in [4.78, 5) is 10.6. The highest BCUT2D eigenvalue weighted by molar-refractivity contribution is 7.89. The van der Waals surface area contributed by atoms with Crippen molar-refractivity contribution in [2.45, 2.75) is 31.3 Å². The van der Waals surface area contributed by atoms with Crippen molar-refractivity contribution in [1.82, 2.24) is 4.31 Å². The molecule has 3 rings (SSSR count). The molecule has 1 atom stereocenters. The molecule has 6 nitrogen and oxygen atoms in total. The van der Waals surface area contributed by atoms with Crippen molar-refractivity contribution >= 4 is 16.0 Å². The lowest BCUT2D eigenvalue weighted by Crippen LogP contribution is -2.51. The molecule has 1 spiro atoms. The second-order valence-electron chi connectivity index (χ2n) is 6.15. The quantitative estimate of drug-likeness (QED) is 0.875. The number of sulfonamides is 1. The Hall–Kier alpha value is -1.44. The van der Waals surface area contributed by atoms with Crippen molar-refractivity contribution in [2.75, 3.05) is 25.4 Å². The van der Waals surface area contributed by atoms with Crippen molar-refractivity contribution < 1.29 is 23.1 Å². The van der Waals surface area contributed by atoms with Gasteiger partial charge in [0.2, 0.25) is 10.0 Å². The zero-order valence-electron chi connectivity index (χ0n) is 12.9. The Morgan fingerprint density at radius 2 is 2.13 bits per heavy atom.